The molecule has 0 amide bonds. The minimum atomic E-state index is -0.399. The molecule has 3 aromatic rings. The molecule has 0 bridgehead atoms. The van der Waals surface area contributed by atoms with Crippen molar-refractivity contribution in [2.45, 2.75) is 20.1 Å². The van der Waals surface area contributed by atoms with E-state index in [1.165, 1.54) is 16.9 Å². The van der Waals surface area contributed by atoms with Crippen molar-refractivity contribution in [3.05, 3.63) is 76.3 Å². The van der Waals surface area contributed by atoms with Crippen LogP contribution >= 0.6 is 11.3 Å². The number of thiazole rings is 1. The fourth-order valence-corrected chi connectivity index (χ4v) is 2.98. The quantitative estimate of drug-likeness (QED) is 0.715. The Labute approximate surface area is 144 Å². The molecule has 122 valence electrons. The summed E-state index contributed by atoms with van der Waals surface area (Å²) in [7, 11) is 0. The number of ether oxygens (including phenoxy) is 1. The van der Waals surface area contributed by atoms with E-state index >= 15 is 0 Å². The minimum Gasteiger partial charge on any atom is -0.456 e. The molecule has 1 heterocycles. The second-order valence-corrected chi connectivity index (χ2v) is 6.30. The van der Waals surface area contributed by atoms with Gasteiger partial charge in [-0.25, -0.2) is 9.78 Å². The van der Waals surface area contributed by atoms with Crippen molar-refractivity contribution in [1.29, 1.82) is 0 Å². The Hall–Kier alpha value is -2.50. The lowest BCUT2D eigenvalue weighted by atomic mass is 10.1. The van der Waals surface area contributed by atoms with Crippen LogP contribution in [0.1, 0.15) is 27.2 Å². The van der Waals surface area contributed by atoms with E-state index in [1.807, 2.05) is 36.6 Å². The highest BCUT2D eigenvalue weighted by molar-refractivity contribution is 7.13. The SMILES string of the molecule is Cc1ccc(-c2nc(COC(=O)c3ccc(CO)cc3)cs2)cc1. The number of aliphatic hydroxyl groups is 1. The van der Waals surface area contributed by atoms with Gasteiger partial charge < -0.3 is 9.84 Å². The number of rotatable bonds is 5. The highest BCUT2D eigenvalue weighted by Crippen LogP contribution is 2.24. The lowest BCUT2D eigenvalue weighted by Gasteiger charge is -2.03. The highest BCUT2D eigenvalue weighted by atomic mass is 32.1. The van der Waals surface area contributed by atoms with Gasteiger partial charge in [0.05, 0.1) is 17.9 Å². The number of esters is 1. The van der Waals surface area contributed by atoms with Gasteiger partial charge in [-0.1, -0.05) is 42.0 Å². The minimum absolute atomic E-state index is 0.0457. The first-order valence-corrected chi connectivity index (χ1v) is 8.42. The fraction of sp³-hybridized carbons (Fsp3) is 0.158. The van der Waals surface area contributed by atoms with Crippen molar-refractivity contribution < 1.29 is 14.6 Å². The third-order valence-corrected chi connectivity index (χ3v) is 4.51. The predicted octanol–water partition coefficient (Wildman–Crippen LogP) is 3.97. The number of aliphatic hydroxyl groups excluding tert-OH is 1. The summed E-state index contributed by atoms with van der Waals surface area (Å²) < 4.78 is 5.30. The molecular formula is C19H17NO3S. The molecule has 0 saturated heterocycles. The second kappa shape index (κ2) is 7.38. The van der Waals surface area contributed by atoms with Gasteiger partial charge in [0.2, 0.25) is 0 Å². The molecule has 1 aromatic heterocycles. The Morgan fingerprint density at radius 3 is 2.50 bits per heavy atom. The highest BCUT2D eigenvalue weighted by Gasteiger charge is 2.10. The molecule has 0 atom stereocenters. The van der Waals surface area contributed by atoms with Gasteiger partial charge in [0, 0.05) is 10.9 Å². The molecule has 0 aliphatic carbocycles. The summed E-state index contributed by atoms with van der Waals surface area (Å²) in [4.78, 5) is 16.5. The smallest absolute Gasteiger partial charge is 0.338 e. The maximum Gasteiger partial charge on any atom is 0.338 e. The van der Waals surface area contributed by atoms with Crippen LogP contribution in [0.15, 0.2) is 53.9 Å². The Balaban J connectivity index is 1.62. The summed E-state index contributed by atoms with van der Waals surface area (Å²) in [5.74, 6) is -0.399. The van der Waals surface area contributed by atoms with Crippen LogP contribution in [-0.4, -0.2) is 16.1 Å². The van der Waals surface area contributed by atoms with Crippen molar-refractivity contribution in [3.8, 4) is 10.6 Å². The number of carbonyl (C=O) groups excluding carboxylic acids is 1. The average Bonchev–Trinajstić information content (AvgIpc) is 3.09. The van der Waals surface area contributed by atoms with Crippen molar-refractivity contribution in [3.63, 3.8) is 0 Å². The Morgan fingerprint density at radius 2 is 1.83 bits per heavy atom. The van der Waals surface area contributed by atoms with Gasteiger partial charge in [0.25, 0.3) is 0 Å². The Bertz CT molecular complexity index is 823. The van der Waals surface area contributed by atoms with Crippen LogP contribution in [0.3, 0.4) is 0 Å². The molecule has 0 radical (unpaired) electrons. The van der Waals surface area contributed by atoms with Crippen molar-refractivity contribution in [1.82, 2.24) is 4.98 Å². The zero-order valence-electron chi connectivity index (χ0n) is 13.2. The van der Waals surface area contributed by atoms with E-state index in [2.05, 4.69) is 4.98 Å². The Kier molecular flexibility index (Phi) is 5.03. The zero-order valence-corrected chi connectivity index (χ0v) is 14.0. The molecule has 4 nitrogen and oxygen atoms in total. The van der Waals surface area contributed by atoms with Crippen LogP contribution in [0, 0.1) is 6.92 Å². The first-order chi connectivity index (χ1) is 11.7. The van der Waals surface area contributed by atoms with Crippen LogP contribution in [0.2, 0.25) is 0 Å². The van der Waals surface area contributed by atoms with E-state index in [4.69, 9.17) is 9.84 Å². The van der Waals surface area contributed by atoms with Crippen LogP contribution < -0.4 is 0 Å². The first-order valence-electron chi connectivity index (χ1n) is 7.54. The predicted molar refractivity (Wildman–Crippen MR) is 93.8 cm³/mol. The van der Waals surface area contributed by atoms with E-state index in [0.717, 1.165) is 21.8 Å². The van der Waals surface area contributed by atoms with Gasteiger partial charge in [0.15, 0.2) is 0 Å². The van der Waals surface area contributed by atoms with Gasteiger partial charge in [0.1, 0.15) is 11.6 Å². The van der Waals surface area contributed by atoms with E-state index < -0.39 is 5.97 Å². The summed E-state index contributed by atoms with van der Waals surface area (Å²) in [6.07, 6.45) is 0. The zero-order chi connectivity index (χ0) is 16.9. The number of benzene rings is 2. The molecule has 0 saturated carbocycles. The molecular weight excluding hydrogens is 322 g/mol. The number of aryl methyl sites for hydroxylation is 1. The van der Waals surface area contributed by atoms with Crippen LogP contribution in [-0.2, 0) is 18.0 Å². The summed E-state index contributed by atoms with van der Waals surface area (Å²) in [6, 6.07) is 14.9. The number of aromatic nitrogens is 1. The van der Waals surface area contributed by atoms with E-state index in [1.54, 1.807) is 24.3 Å². The lowest BCUT2D eigenvalue weighted by molar-refractivity contribution is 0.0468. The summed E-state index contributed by atoms with van der Waals surface area (Å²) in [5.41, 5.74) is 4.21. The van der Waals surface area contributed by atoms with Crippen LogP contribution in [0.5, 0.6) is 0 Å². The van der Waals surface area contributed by atoms with Crippen molar-refractivity contribution >= 4 is 17.3 Å². The fourth-order valence-electron chi connectivity index (χ4n) is 2.17. The van der Waals surface area contributed by atoms with Gasteiger partial charge >= 0.3 is 5.97 Å². The normalized spacial score (nSPS) is 10.6. The molecule has 0 aliphatic rings. The van der Waals surface area contributed by atoms with Crippen molar-refractivity contribution in [2.75, 3.05) is 0 Å². The van der Waals surface area contributed by atoms with Crippen molar-refractivity contribution in [2.24, 2.45) is 0 Å². The number of hydrogen-bond acceptors (Lipinski definition) is 5. The number of carbonyl (C=O) groups is 1. The molecule has 0 aliphatic heterocycles. The Morgan fingerprint density at radius 1 is 1.12 bits per heavy atom. The standard InChI is InChI=1S/C19H17NO3S/c1-13-2-6-15(7-3-13)18-20-17(12-24-18)11-23-19(22)16-8-4-14(10-21)5-9-16/h2-9,12,21H,10-11H2,1H3. The maximum atomic E-state index is 12.0. The van der Waals surface area contributed by atoms with E-state index in [0.29, 0.717) is 5.56 Å². The molecule has 5 heteroatoms. The topological polar surface area (TPSA) is 59.4 Å². The third kappa shape index (κ3) is 3.88. The lowest BCUT2D eigenvalue weighted by Crippen LogP contribution is -2.05. The monoisotopic (exact) mass is 339 g/mol. The average molecular weight is 339 g/mol. The molecule has 2 aromatic carbocycles. The molecule has 0 spiro atoms. The first kappa shape index (κ1) is 16.4. The largest absolute Gasteiger partial charge is 0.456 e. The third-order valence-electron chi connectivity index (χ3n) is 3.57. The van der Waals surface area contributed by atoms with E-state index in [9.17, 15) is 4.79 Å². The maximum absolute atomic E-state index is 12.0. The summed E-state index contributed by atoms with van der Waals surface area (Å²) >= 11 is 1.53. The molecule has 24 heavy (non-hydrogen) atoms. The van der Waals surface area contributed by atoms with Gasteiger partial charge in [-0.15, -0.1) is 11.3 Å². The number of hydrogen-bond donors (Lipinski definition) is 1. The second-order valence-electron chi connectivity index (χ2n) is 5.44. The molecule has 0 unspecified atom stereocenters. The van der Waals surface area contributed by atoms with Crippen LogP contribution in [0.25, 0.3) is 10.6 Å². The van der Waals surface area contributed by atoms with Gasteiger partial charge in [-0.05, 0) is 24.6 Å². The number of nitrogens with zero attached hydrogens (tertiary/aromatic N) is 1. The van der Waals surface area contributed by atoms with Crippen LogP contribution in [0.4, 0.5) is 0 Å². The molecule has 0 fully saturated rings. The molecule has 3 rings (SSSR count). The van der Waals surface area contributed by atoms with Gasteiger partial charge in [-0.3, -0.25) is 0 Å². The van der Waals surface area contributed by atoms with E-state index in [-0.39, 0.29) is 13.2 Å². The molecule has 1 N–H and O–H groups in total. The summed E-state index contributed by atoms with van der Waals surface area (Å²) in [5, 5.41) is 11.8. The summed E-state index contributed by atoms with van der Waals surface area (Å²) in [6.45, 7) is 2.14. The van der Waals surface area contributed by atoms with Gasteiger partial charge in [-0.2, -0.15) is 0 Å².